The van der Waals surface area contributed by atoms with E-state index < -0.39 is 11.3 Å². The molecular formula is C15H17BrN2O3. The molecular weight excluding hydrogens is 336 g/mol. The van der Waals surface area contributed by atoms with Crippen LogP contribution in [0.4, 0.5) is 5.69 Å². The highest BCUT2D eigenvalue weighted by atomic mass is 79.9. The minimum Gasteiger partial charge on any atom is -0.595 e. The SMILES string of the molecule is [O-][NH+](O)c1cccc(Br)c1CNC[C@H](O)c1ccccc1. The fourth-order valence-corrected chi connectivity index (χ4v) is 2.57. The molecule has 0 aliphatic heterocycles. The van der Waals surface area contributed by atoms with Gasteiger partial charge >= 0.3 is 0 Å². The lowest BCUT2D eigenvalue weighted by Crippen LogP contribution is -2.99. The second-order valence-electron chi connectivity index (χ2n) is 4.63. The molecule has 0 radical (unpaired) electrons. The van der Waals surface area contributed by atoms with Gasteiger partial charge in [-0.1, -0.05) is 52.3 Å². The number of aliphatic hydroxyl groups is 1. The second-order valence-corrected chi connectivity index (χ2v) is 5.48. The summed E-state index contributed by atoms with van der Waals surface area (Å²) in [6.07, 6.45) is -0.623. The Balaban J connectivity index is 1.98. The summed E-state index contributed by atoms with van der Waals surface area (Å²) in [7, 11) is 0. The number of hydrogen-bond donors (Lipinski definition) is 4. The average Bonchev–Trinajstić information content (AvgIpc) is 2.49. The molecule has 0 aliphatic carbocycles. The summed E-state index contributed by atoms with van der Waals surface area (Å²) in [5, 5.41) is 32.6. The van der Waals surface area contributed by atoms with Crippen LogP contribution in [0.5, 0.6) is 0 Å². The molecule has 2 aromatic rings. The Morgan fingerprint density at radius 1 is 1.14 bits per heavy atom. The predicted octanol–water partition coefficient (Wildman–Crippen LogP) is 1.68. The third kappa shape index (κ3) is 4.34. The third-order valence-electron chi connectivity index (χ3n) is 3.17. The summed E-state index contributed by atoms with van der Waals surface area (Å²) in [6, 6.07) is 14.4. The van der Waals surface area contributed by atoms with Crippen LogP contribution in [0.25, 0.3) is 0 Å². The molecule has 6 heteroatoms. The first kappa shape index (κ1) is 16.1. The minimum absolute atomic E-state index is 0.256. The van der Waals surface area contributed by atoms with Crippen molar-refractivity contribution in [2.75, 3.05) is 6.54 Å². The van der Waals surface area contributed by atoms with Crippen LogP contribution in [-0.4, -0.2) is 16.9 Å². The van der Waals surface area contributed by atoms with E-state index >= 15 is 0 Å². The Kier molecular flexibility index (Phi) is 5.86. The van der Waals surface area contributed by atoms with Crippen LogP contribution < -0.4 is 10.5 Å². The van der Waals surface area contributed by atoms with Gasteiger partial charge in [0, 0.05) is 29.2 Å². The molecule has 0 saturated carbocycles. The topological polar surface area (TPSA) is 80.0 Å². The van der Waals surface area contributed by atoms with Crippen LogP contribution in [0.2, 0.25) is 0 Å². The molecule has 0 fully saturated rings. The van der Waals surface area contributed by atoms with Crippen LogP contribution >= 0.6 is 15.9 Å². The lowest BCUT2D eigenvalue weighted by Gasteiger charge is -2.18. The molecule has 5 nitrogen and oxygen atoms in total. The van der Waals surface area contributed by atoms with Crippen molar-refractivity contribution in [2.24, 2.45) is 0 Å². The normalized spacial score (nSPS) is 13.9. The van der Waals surface area contributed by atoms with Crippen molar-refractivity contribution in [1.29, 1.82) is 0 Å². The van der Waals surface area contributed by atoms with E-state index in [1.165, 1.54) is 0 Å². The molecule has 112 valence electrons. The maximum absolute atomic E-state index is 11.2. The number of hydrogen-bond acceptors (Lipinski definition) is 4. The number of aliphatic hydroxyl groups excluding tert-OH is 1. The molecule has 0 amide bonds. The summed E-state index contributed by atoms with van der Waals surface area (Å²) < 4.78 is 0.740. The molecule has 0 bridgehead atoms. The molecule has 0 saturated heterocycles. The first-order valence-corrected chi connectivity index (χ1v) is 7.33. The quantitative estimate of drug-likeness (QED) is 0.596. The Morgan fingerprint density at radius 3 is 2.52 bits per heavy atom. The summed E-state index contributed by atoms with van der Waals surface area (Å²) in [6.45, 7) is 0.720. The zero-order valence-corrected chi connectivity index (χ0v) is 12.9. The highest BCUT2D eigenvalue weighted by Gasteiger charge is 2.13. The minimum atomic E-state index is -0.961. The number of rotatable bonds is 6. The van der Waals surface area contributed by atoms with Crippen molar-refractivity contribution in [2.45, 2.75) is 12.6 Å². The molecule has 2 aromatic carbocycles. The van der Waals surface area contributed by atoms with Gasteiger partial charge in [0.1, 0.15) is 0 Å². The molecule has 1 unspecified atom stereocenters. The van der Waals surface area contributed by atoms with Crippen molar-refractivity contribution >= 4 is 21.6 Å². The van der Waals surface area contributed by atoms with Crippen molar-refractivity contribution < 1.29 is 15.5 Å². The largest absolute Gasteiger partial charge is 0.595 e. The van der Waals surface area contributed by atoms with Gasteiger partial charge in [0.15, 0.2) is 5.69 Å². The molecule has 2 rings (SSSR count). The molecule has 0 spiro atoms. The van der Waals surface area contributed by atoms with E-state index in [9.17, 15) is 15.5 Å². The fraction of sp³-hybridized carbons (Fsp3) is 0.200. The molecule has 0 heterocycles. The van der Waals surface area contributed by atoms with Crippen molar-refractivity contribution in [3.05, 3.63) is 69.3 Å². The van der Waals surface area contributed by atoms with E-state index in [4.69, 9.17) is 0 Å². The average molecular weight is 353 g/mol. The van der Waals surface area contributed by atoms with Crippen LogP contribution in [0.1, 0.15) is 17.2 Å². The van der Waals surface area contributed by atoms with Crippen LogP contribution in [0.15, 0.2) is 53.0 Å². The van der Waals surface area contributed by atoms with Gasteiger partial charge in [0.2, 0.25) is 0 Å². The maximum Gasteiger partial charge on any atom is 0.169 e. The van der Waals surface area contributed by atoms with Gasteiger partial charge in [-0.2, -0.15) is 5.23 Å². The molecule has 0 aromatic heterocycles. The monoisotopic (exact) mass is 352 g/mol. The Morgan fingerprint density at radius 2 is 1.86 bits per heavy atom. The molecule has 0 aliphatic rings. The number of halogens is 1. The van der Waals surface area contributed by atoms with Gasteiger partial charge in [-0.05, 0) is 11.6 Å². The number of benzene rings is 2. The first-order valence-electron chi connectivity index (χ1n) is 6.54. The lowest BCUT2D eigenvalue weighted by atomic mass is 10.1. The van der Waals surface area contributed by atoms with E-state index in [1.807, 2.05) is 30.3 Å². The Hall–Kier alpha value is -1.28. The van der Waals surface area contributed by atoms with E-state index in [0.717, 1.165) is 10.0 Å². The lowest BCUT2D eigenvalue weighted by molar-refractivity contribution is -0.991. The van der Waals surface area contributed by atoms with Gasteiger partial charge in [-0.25, -0.2) is 5.21 Å². The molecule has 4 N–H and O–H groups in total. The van der Waals surface area contributed by atoms with Crippen molar-refractivity contribution in [3.8, 4) is 0 Å². The van der Waals surface area contributed by atoms with E-state index in [0.29, 0.717) is 18.7 Å². The first-order chi connectivity index (χ1) is 10.1. The zero-order valence-electron chi connectivity index (χ0n) is 11.3. The Bertz CT molecular complexity index is 578. The second kappa shape index (κ2) is 7.65. The van der Waals surface area contributed by atoms with Gasteiger partial charge < -0.3 is 15.6 Å². The van der Waals surface area contributed by atoms with Gasteiger partial charge in [-0.3, -0.25) is 0 Å². The number of nitrogens with one attached hydrogen (secondary N) is 2. The van der Waals surface area contributed by atoms with Gasteiger partial charge in [0.05, 0.1) is 6.10 Å². The summed E-state index contributed by atoms with van der Waals surface area (Å²) in [5.41, 5.74) is 1.76. The van der Waals surface area contributed by atoms with Crippen LogP contribution in [0.3, 0.4) is 0 Å². The standard InChI is InChI=1S/C15H17BrN2O3/c16-13-7-4-8-14(18(20)21)12(13)9-17-10-15(19)11-5-2-1-3-6-11/h1-8,15,17-20H,9-10H2/t15-/m0/s1. The van der Waals surface area contributed by atoms with Gasteiger partial charge in [0.25, 0.3) is 0 Å². The highest BCUT2D eigenvalue weighted by molar-refractivity contribution is 9.10. The van der Waals surface area contributed by atoms with Crippen molar-refractivity contribution in [1.82, 2.24) is 5.32 Å². The summed E-state index contributed by atoms with van der Waals surface area (Å²) in [5.74, 6) is 0. The highest BCUT2D eigenvalue weighted by Crippen LogP contribution is 2.22. The third-order valence-corrected chi connectivity index (χ3v) is 3.92. The number of quaternary nitrogens is 1. The molecule has 2 atom stereocenters. The smallest absolute Gasteiger partial charge is 0.169 e. The Labute approximate surface area is 131 Å². The van der Waals surface area contributed by atoms with Crippen LogP contribution in [-0.2, 0) is 6.54 Å². The van der Waals surface area contributed by atoms with E-state index in [2.05, 4.69) is 21.2 Å². The van der Waals surface area contributed by atoms with Gasteiger partial charge in [-0.15, -0.1) is 0 Å². The summed E-state index contributed by atoms with van der Waals surface area (Å²) in [4.78, 5) is 0. The van der Waals surface area contributed by atoms with E-state index in [-0.39, 0.29) is 5.69 Å². The predicted molar refractivity (Wildman–Crippen MR) is 83.0 cm³/mol. The zero-order chi connectivity index (χ0) is 15.2. The molecule has 21 heavy (non-hydrogen) atoms. The maximum atomic E-state index is 11.2. The fourth-order valence-electron chi connectivity index (χ4n) is 2.07. The summed E-state index contributed by atoms with van der Waals surface area (Å²) >= 11 is 3.36. The van der Waals surface area contributed by atoms with E-state index in [1.54, 1.807) is 18.2 Å². The van der Waals surface area contributed by atoms with Crippen LogP contribution in [0, 0.1) is 5.21 Å². The van der Waals surface area contributed by atoms with Crippen molar-refractivity contribution in [3.63, 3.8) is 0 Å².